The molecular weight excluding hydrogens is 376 g/mol. The van der Waals surface area contributed by atoms with Crippen LogP contribution < -0.4 is 10.2 Å². The molecule has 134 valence electrons. The van der Waals surface area contributed by atoms with Crippen LogP contribution in [0.4, 0.5) is 5.69 Å². The molecule has 3 rings (SSSR count). The van der Waals surface area contributed by atoms with Gasteiger partial charge in [0.15, 0.2) is 0 Å². The van der Waals surface area contributed by atoms with Crippen molar-refractivity contribution in [2.45, 2.75) is 39.2 Å². The number of nitrogens with zero attached hydrogens (tertiary/aromatic N) is 1. The molecule has 3 nitrogen and oxygen atoms in total. The van der Waals surface area contributed by atoms with Crippen LogP contribution in [0, 0.1) is 13.8 Å². The Morgan fingerprint density at radius 3 is 2.20 bits per heavy atom. The lowest BCUT2D eigenvalue weighted by atomic mass is 9.99. The maximum atomic E-state index is 13.2. The molecule has 1 saturated heterocycles. The second kappa shape index (κ2) is 9.16. The van der Waals surface area contributed by atoms with E-state index in [2.05, 4.69) is 42.3 Å². The van der Waals surface area contributed by atoms with Crippen LogP contribution in [0.2, 0.25) is 0 Å². The van der Waals surface area contributed by atoms with E-state index in [1.165, 1.54) is 11.1 Å². The maximum absolute atomic E-state index is 13.2. The van der Waals surface area contributed by atoms with Crippen molar-refractivity contribution in [3.05, 3.63) is 65.2 Å². The molecule has 1 aliphatic heterocycles. The number of nitrogens with one attached hydrogen (secondary N) is 1. The van der Waals surface area contributed by atoms with E-state index in [4.69, 9.17) is 0 Å². The summed E-state index contributed by atoms with van der Waals surface area (Å²) in [5.41, 5.74) is 4.53. The van der Waals surface area contributed by atoms with Gasteiger partial charge in [0.25, 0.3) is 0 Å². The van der Waals surface area contributed by atoms with Crippen molar-refractivity contribution in [2.75, 3.05) is 18.0 Å². The van der Waals surface area contributed by atoms with Gasteiger partial charge in [-0.05, 0) is 56.5 Å². The fourth-order valence-corrected chi connectivity index (χ4v) is 3.62. The van der Waals surface area contributed by atoms with Gasteiger partial charge in [-0.15, -0.1) is 17.0 Å². The normalized spacial score (nSPS) is 14.6. The van der Waals surface area contributed by atoms with Crippen LogP contribution in [0.5, 0.6) is 0 Å². The zero-order valence-corrected chi connectivity index (χ0v) is 16.7. The van der Waals surface area contributed by atoms with Crippen LogP contribution in [0.25, 0.3) is 0 Å². The Balaban J connectivity index is 0.00000225. The number of halogens is 1. The second-order valence-electron chi connectivity index (χ2n) is 6.65. The number of anilines is 1. The highest BCUT2D eigenvalue weighted by Crippen LogP contribution is 2.29. The summed E-state index contributed by atoms with van der Waals surface area (Å²) in [6.07, 6.45) is 2.47. The van der Waals surface area contributed by atoms with Gasteiger partial charge in [0.05, 0.1) is 6.42 Å². The van der Waals surface area contributed by atoms with E-state index < -0.39 is 0 Å². The number of carbonyl (C=O) groups excluding carboxylic acids is 1. The van der Waals surface area contributed by atoms with E-state index in [0.717, 1.165) is 37.2 Å². The van der Waals surface area contributed by atoms with E-state index in [0.29, 0.717) is 6.42 Å². The third-order valence-electron chi connectivity index (χ3n) is 4.82. The number of carbonyl (C=O) groups is 1. The number of amides is 1. The van der Waals surface area contributed by atoms with E-state index in [-0.39, 0.29) is 28.9 Å². The Morgan fingerprint density at radius 2 is 1.60 bits per heavy atom. The average Bonchev–Trinajstić information content (AvgIpc) is 2.60. The Bertz CT molecular complexity index is 676. The molecule has 0 bridgehead atoms. The summed E-state index contributed by atoms with van der Waals surface area (Å²) in [6, 6.07) is 16.6. The van der Waals surface area contributed by atoms with Crippen molar-refractivity contribution in [3.63, 3.8) is 0 Å². The van der Waals surface area contributed by atoms with Crippen molar-refractivity contribution in [3.8, 4) is 0 Å². The summed E-state index contributed by atoms with van der Waals surface area (Å²) in [6.45, 7) is 6.16. The lowest BCUT2D eigenvalue weighted by Gasteiger charge is -2.36. The van der Waals surface area contributed by atoms with Crippen molar-refractivity contribution < 1.29 is 4.79 Å². The van der Waals surface area contributed by atoms with E-state index in [1.807, 2.05) is 30.3 Å². The first kappa shape index (κ1) is 19.7. The highest BCUT2D eigenvalue weighted by atomic mass is 79.9. The first-order chi connectivity index (χ1) is 11.7. The van der Waals surface area contributed by atoms with Gasteiger partial charge in [-0.25, -0.2) is 0 Å². The third kappa shape index (κ3) is 4.71. The first-order valence-corrected chi connectivity index (χ1v) is 8.79. The van der Waals surface area contributed by atoms with Crippen molar-refractivity contribution in [2.24, 2.45) is 0 Å². The zero-order valence-electron chi connectivity index (χ0n) is 15.0. The van der Waals surface area contributed by atoms with Gasteiger partial charge < -0.3 is 10.2 Å². The quantitative estimate of drug-likeness (QED) is 0.830. The standard InChI is InChI=1S/C21H26N2O.BrH/c1-16-7-6-8-17(2)21(16)23(19-11-13-22-14-12-19)20(24)15-18-9-4-3-5-10-18;/h3-10,19,22H,11-15H2,1-2H3;1H. The summed E-state index contributed by atoms with van der Waals surface area (Å²) in [7, 11) is 0. The molecule has 0 spiro atoms. The van der Waals surface area contributed by atoms with Gasteiger partial charge in [-0.1, -0.05) is 48.5 Å². The molecule has 25 heavy (non-hydrogen) atoms. The summed E-state index contributed by atoms with van der Waals surface area (Å²) >= 11 is 0. The number of hydrogen-bond donors (Lipinski definition) is 1. The molecule has 0 aliphatic carbocycles. The Hall–Kier alpha value is -1.65. The van der Waals surface area contributed by atoms with Crippen molar-refractivity contribution in [1.29, 1.82) is 0 Å². The van der Waals surface area contributed by atoms with Crippen molar-refractivity contribution >= 4 is 28.6 Å². The molecule has 1 fully saturated rings. The minimum absolute atomic E-state index is 0. The molecule has 2 aromatic rings. The van der Waals surface area contributed by atoms with Gasteiger partial charge in [0, 0.05) is 11.7 Å². The van der Waals surface area contributed by atoms with E-state index in [1.54, 1.807) is 0 Å². The molecule has 0 radical (unpaired) electrons. The lowest BCUT2D eigenvalue weighted by molar-refractivity contribution is -0.118. The minimum Gasteiger partial charge on any atom is -0.317 e. The number of benzene rings is 2. The monoisotopic (exact) mass is 402 g/mol. The summed E-state index contributed by atoms with van der Waals surface area (Å²) < 4.78 is 0. The predicted molar refractivity (Wildman–Crippen MR) is 110 cm³/mol. The molecule has 1 N–H and O–H groups in total. The minimum atomic E-state index is 0. The molecule has 1 aliphatic rings. The smallest absolute Gasteiger partial charge is 0.231 e. The number of hydrogen-bond acceptors (Lipinski definition) is 2. The van der Waals surface area contributed by atoms with Gasteiger partial charge in [0.2, 0.25) is 5.91 Å². The van der Waals surface area contributed by atoms with Crippen LogP contribution in [0.15, 0.2) is 48.5 Å². The molecule has 0 atom stereocenters. The molecular formula is C21H27BrN2O. The van der Waals surface area contributed by atoms with Crippen LogP contribution in [0.1, 0.15) is 29.5 Å². The predicted octanol–water partition coefficient (Wildman–Crippen LogP) is 4.21. The maximum Gasteiger partial charge on any atom is 0.231 e. The van der Waals surface area contributed by atoms with Gasteiger partial charge in [-0.2, -0.15) is 0 Å². The largest absolute Gasteiger partial charge is 0.317 e. The van der Waals surface area contributed by atoms with Gasteiger partial charge >= 0.3 is 0 Å². The van der Waals surface area contributed by atoms with Gasteiger partial charge in [0.1, 0.15) is 0 Å². The Kier molecular flexibility index (Phi) is 7.21. The second-order valence-corrected chi connectivity index (χ2v) is 6.65. The molecule has 1 amide bonds. The lowest BCUT2D eigenvalue weighted by Crippen LogP contribution is -2.47. The van der Waals surface area contributed by atoms with Crippen LogP contribution >= 0.6 is 17.0 Å². The van der Waals surface area contributed by atoms with Crippen LogP contribution in [-0.4, -0.2) is 25.0 Å². The molecule has 2 aromatic carbocycles. The SMILES string of the molecule is Br.Cc1cccc(C)c1N(C(=O)Cc1ccccc1)C1CCNCC1. The summed E-state index contributed by atoms with van der Waals surface area (Å²) in [4.78, 5) is 15.3. The molecule has 4 heteroatoms. The molecule has 0 unspecified atom stereocenters. The molecule has 0 aromatic heterocycles. The Morgan fingerprint density at radius 1 is 1.00 bits per heavy atom. The number of rotatable bonds is 4. The summed E-state index contributed by atoms with van der Waals surface area (Å²) in [5, 5.41) is 3.40. The van der Waals surface area contributed by atoms with E-state index >= 15 is 0 Å². The third-order valence-corrected chi connectivity index (χ3v) is 4.82. The average molecular weight is 403 g/mol. The highest BCUT2D eigenvalue weighted by molar-refractivity contribution is 8.93. The fourth-order valence-electron chi connectivity index (χ4n) is 3.62. The molecule has 0 saturated carbocycles. The fraction of sp³-hybridized carbons (Fsp3) is 0.381. The van der Waals surface area contributed by atoms with E-state index in [9.17, 15) is 4.79 Å². The summed E-state index contributed by atoms with van der Waals surface area (Å²) in [5.74, 6) is 0.200. The Labute approximate surface area is 161 Å². The number of aryl methyl sites for hydroxylation is 2. The van der Waals surface area contributed by atoms with Crippen LogP contribution in [0.3, 0.4) is 0 Å². The first-order valence-electron chi connectivity index (χ1n) is 8.79. The molecule has 1 heterocycles. The highest BCUT2D eigenvalue weighted by Gasteiger charge is 2.28. The van der Waals surface area contributed by atoms with Crippen LogP contribution in [-0.2, 0) is 11.2 Å². The number of para-hydroxylation sites is 1. The number of piperidine rings is 1. The van der Waals surface area contributed by atoms with Gasteiger partial charge in [-0.3, -0.25) is 4.79 Å². The topological polar surface area (TPSA) is 32.3 Å². The zero-order chi connectivity index (χ0) is 16.9. The van der Waals surface area contributed by atoms with Crippen molar-refractivity contribution in [1.82, 2.24) is 5.32 Å².